The van der Waals surface area contributed by atoms with Gasteiger partial charge in [-0.05, 0) is 37.5 Å². The molecule has 146 valence electrons. The molecule has 9 heteroatoms. The molecule has 1 unspecified atom stereocenters. The van der Waals surface area contributed by atoms with E-state index in [-0.39, 0.29) is 0 Å². The summed E-state index contributed by atoms with van der Waals surface area (Å²) in [4.78, 5) is 42.7. The molecule has 1 aromatic carbocycles. The van der Waals surface area contributed by atoms with Gasteiger partial charge < -0.3 is 10.6 Å². The zero-order valence-electron chi connectivity index (χ0n) is 15.2. The number of halogens is 1. The molecule has 1 aliphatic heterocycles. The number of thiazole rings is 1. The lowest BCUT2D eigenvalue weighted by atomic mass is 9.83. The van der Waals surface area contributed by atoms with Gasteiger partial charge >= 0.3 is 6.03 Å². The van der Waals surface area contributed by atoms with Crippen LogP contribution in [0.25, 0.3) is 0 Å². The maximum absolute atomic E-state index is 13.2. The van der Waals surface area contributed by atoms with Crippen molar-refractivity contribution in [3.05, 3.63) is 46.7 Å². The predicted molar refractivity (Wildman–Crippen MR) is 101 cm³/mol. The van der Waals surface area contributed by atoms with Crippen LogP contribution in [0.2, 0.25) is 0 Å². The minimum atomic E-state index is -1.34. The number of carbonyl (C=O) groups excluding carboxylic acids is 3. The average molecular weight is 402 g/mol. The van der Waals surface area contributed by atoms with E-state index < -0.39 is 35.7 Å². The summed E-state index contributed by atoms with van der Waals surface area (Å²) in [7, 11) is 0. The summed E-state index contributed by atoms with van der Waals surface area (Å²) in [6, 6.07) is 4.65. The number of anilines is 1. The van der Waals surface area contributed by atoms with Gasteiger partial charge in [-0.1, -0.05) is 18.6 Å². The van der Waals surface area contributed by atoms with Gasteiger partial charge in [0.15, 0.2) is 5.13 Å². The van der Waals surface area contributed by atoms with Crippen molar-refractivity contribution in [1.82, 2.24) is 15.2 Å². The van der Waals surface area contributed by atoms with Crippen molar-refractivity contribution in [3.63, 3.8) is 0 Å². The predicted octanol–water partition coefficient (Wildman–Crippen LogP) is 2.96. The monoisotopic (exact) mass is 402 g/mol. The Bertz CT molecular complexity index is 941. The molecule has 2 aromatic rings. The summed E-state index contributed by atoms with van der Waals surface area (Å²) in [5, 5.41) is 7.63. The van der Waals surface area contributed by atoms with E-state index in [4.69, 9.17) is 0 Å². The lowest BCUT2D eigenvalue weighted by Gasteiger charge is -2.23. The van der Waals surface area contributed by atoms with E-state index in [1.165, 1.54) is 48.9 Å². The number of imide groups is 1. The minimum absolute atomic E-state index is 0.417. The highest BCUT2D eigenvalue weighted by Crippen LogP contribution is 2.37. The first kappa shape index (κ1) is 18.5. The maximum Gasteiger partial charge on any atom is 0.325 e. The van der Waals surface area contributed by atoms with Gasteiger partial charge in [0.2, 0.25) is 5.91 Å². The first-order valence-electron chi connectivity index (χ1n) is 9.02. The van der Waals surface area contributed by atoms with E-state index in [2.05, 4.69) is 15.6 Å². The molecule has 1 atom stereocenters. The Kier molecular flexibility index (Phi) is 4.62. The largest absolute Gasteiger partial charge is 0.325 e. The highest BCUT2D eigenvalue weighted by Gasteiger charge is 2.49. The summed E-state index contributed by atoms with van der Waals surface area (Å²) in [6.07, 6.45) is 3.42. The topological polar surface area (TPSA) is 91.4 Å². The van der Waals surface area contributed by atoms with Crippen LogP contribution >= 0.6 is 11.3 Å². The number of urea groups is 1. The number of nitrogens with one attached hydrogen (secondary N) is 2. The van der Waals surface area contributed by atoms with Crippen LogP contribution in [0, 0.1) is 5.82 Å². The Labute approximate surface area is 164 Å². The minimum Gasteiger partial charge on any atom is -0.319 e. The molecular weight excluding hydrogens is 383 g/mol. The van der Waals surface area contributed by atoms with E-state index >= 15 is 0 Å². The smallest absolute Gasteiger partial charge is 0.319 e. The summed E-state index contributed by atoms with van der Waals surface area (Å²) >= 11 is 1.33. The second kappa shape index (κ2) is 6.97. The molecule has 4 amide bonds. The summed E-state index contributed by atoms with van der Waals surface area (Å²) in [6.45, 7) is 1.11. The summed E-state index contributed by atoms with van der Waals surface area (Å²) in [5.41, 5.74) is 0.0783. The van der Waals surface area contributed by atoms with Crippen molar-refractivity contribution in [2.45, 2.75) is 37.6 Å². The number of hydrogen-bond donors (Lipinski definition) is 2. The fourth-order valence-electron chi connectivity index (χ4n) is 3.36. The Balaban J connectivity index is 1.43. The average Bonchev–Trinajstić information content (AvgIpc) is 3.13. The molecule has 1 saturated heterocycles. The van der Waals surface area contributed by atoms with Gasteiger partial charge in [0.05, 0.1) is 5.69 Å². The van der Waals surface area contributed by atoms with E-state index in [0.717, 1.165) is 23.4 Å². The van der Waals surface area contributed by atoms with Crippen molar-refractivity contribution in [1.29, 1.82) is 0 Å². The fourth-order valence-corrected chi connectivity index (χ4v) is 4.17. The van der Waals surface area contributed by atoms with Crippen LogP contribution in [-0.2, 0) is 15.1 Å². The first-order valence-corrected chi connectivity index (χ1v) is 9.90. The molecule has 2 N–H and O–H groups in total. The van der Waals surface area contributed by atoms with Crippen LogP contribution in [0.5, 0.6) is 0 Å². The molecule has 0 bridgehead atoms. The van der Waals surface area contributed by atoms with Crippen molar-refractivity contribution >= 4 is 34.3 Å². The third-order valence-electron chi connectivity index (χ3n) is 5.29. The molecule has 2 fully saturated rings. The normalized spacial score (nSPS) is 22.1. The van der Waals surface area contributed by atoms with Crippen molar-refractivity contribution in [3.8, 4) is 0 Å². The molecule has 7 nitrogen and oxygen atoms in total. The molecule has 1 aliphatic carbocycles. The summed E-state index contributed by atoms with van der Waals surface area (Å²) < 4.78 is 13.2. The third-order valence-corrected chi connectivity index (χ3v) is 6.07. The number of rotatable bonds is 5. The van der Waals surface area contributed by atoms with E-state index in [9.17, 15) is 18.8 Å². The van der Waals surface area contributed by atoms with Gasteiger partial charge in [-0.15, -0.1) is 11.3 Å². The Morgan fingerprint density at radius 2 is 2.07 bits per heavy atom. The fraction of sp³-hybridized carbons (Fsp3) is 0.368. The Morgan fingerprint density at radius 1 is 1.36 bits per heavy atom. The van der Waals surface area contributed by atoms with Crippen LogP contribution in [0.15, 0.2) is 29.6 Å². The van der Waals surface area contributed by atoms with Crippen LogP contribution in [0.3, 0.4) is 0 Å². The highest BCUT2D eigenvalue weighted by molar-refractivity contribution is 7.13. The lowest BCUT2D eigenvalue weighted by molar-refractivity contribution is -0.133. The van der Waals surface area contributed by atoms with Crippen LogP contribution < -0.4 is 10.6 Å². The third kappa shape index (κ3) is 3.26. The molecule has 0 radical (unpaired) electrons. The van der Waals surface area contributed by atoms with E-state index in [0.29, 0.717) is 16.6 Å². The number of amides is 4. The van der Waals surface area contributed by atoms with Gasteiger partial charge in [0.1, 0.15) is 17.9 Å². The van der Waals surface area contributed by atoms with Crippen molar-refractivity contribution in [2.75, 3.05) is 11.9 Å². The zero-order chi connectivity index (χ0) is 19.9. The van der Waals surface area contributed by atoms with Gasteiger partial charge in [0, 0.05) is 11.3 Å². The first-order chi connectivity index (χ1) is 13.4. The molecule has 1 saturated carbocycles. The van der Waals surface area contributed by atoms with E-state index in [1.807, 2.05) is 5.38 Å². The molecule has 2 heterocycles. The number of hydrogen-bond acceptors (Lipinski definition) is 5. The maximum atomic E-state index is 13.2. The standard InChI is InChI=1S/C19H19FN4O3S/c1-19(12-5-7-13(20)8-6-12)16(26)24(18(27)23-19)9-15(25)22-17-21-14(10-28-17)11-3-2-4-11/h5-8,10-11H,2-4,9H2,1H3,(H,23,27)(H,21,22,25). The SMILES string of the molecule is CC1(c2ccc(F)cc2)NC(=O)N(CC(=O)Nc2nc(C3CCC3)cs2)C1=O. The molecule has 4 rings (SSSR count). The highest BCUT2D eigenvalue weighted by atomic mass is 32.1. The number of nitrogens with zero attached hydrogens (tertiary/aromatic N) is 2. The second-order valence-corrected chi connectivity index (χ2v) is 8.06. The Morgan fingerprint density at radius 3 is 2.71 bits per heavy atom. The van der Waals surface area contributed by atoms with Gasteiger partial charge in [-0.2, -0.15) is 0 Å². The van der Waals surface area contributed by atoms with Crippen LogP contribution in [0.1, 0.15) is 43.4 Å². The number of aromatic nitrogens is 1. The van der Waals surface area contributed by atoms with Crippen molar-refractivity contribution < 1.29 is 18.8 Å². The molecule has 0 spiro atoms. The second-order valence-electron chi connectivity index (χ2n) is 7.21. The van der Waals surface area contributed by atoms with E-state index in [1.54, 1.807) is 0 Å². The molecule has 28 heavy (non-hydrogen) atoms. The lowest BCUT2D eigenvalue weighted by Crippen LogP contribution is -2.42. The zero-order valence-corrected chi connectivity index (χ0v) is 16.0. The quantitative estimate of drug-likeness (QED) is 0.753. The van der Waals surface area contributed by atoms with Gasteiger partial charge in [0.25, 0.3) is 5.91 Å². The molecule has 1 aromatic heterocycles. The Hall–Kier alpha value is -2.81. The van der Waals surface area contributed by atoms with Crippen LogP contribution in [-0.4, -0.2) is 34.3 Å². The van der Waals surface area contributed by atoms with Crippen LogP contribution in [0.4, 0.5) is 14.3 Å². The molecular formula is C19H19FN4O3S. The van der Waals surface area contributed by atoms with Crippen molar-refractivity contribution in [2.24, 2.45) is 0 Å². The number of carbonyl (C=O) groups is 3. The number of benzene rings is 1. The summed E-state index contributed by atoms with van der Waals surface area (Å²) in [5.74, 6) is -1.04. The molecule has 2 aliphatic rings. The van der Waals surface area contributed by atoms with Gasteiger partial charge in [-0.3, -0.25) is 14.5 Å². The van der Waals surface area contributed by atoms with Gasteiger partial charge in [-0.25, -0.2) is 14.2 Å².